The third-order valence-electron chi connectivity index (χ3n) is 5.59. The molecule has 0 spiro atoms. The number of fused-ring (bicyclic) bond motifs is 1. The molecule has 1 amide bonds. The van der Waals surface area contributed by atoms with Crippen molar-refractivity contribution in [2.45, 2.75) is 63.7 Å². The van der Waals surface area contributed by atoms with Crippen LogP contribution in [0.2, 0.25) is 18.1 Å². The summed E-state index contributed by atoms with van der Waals surface area (Å²) < 4.78 is 24.3. The number of carbonyl (C=O) groups excluding carboxylic acids is 2. The van der Waals surface area contributed by atoms with E-state index in [1.54, 1.807) is 0 Å². The van der Waals surface area contributed by atoms with E-state index in [1.165, 1.54) is 29.0 Å². The standard InChI is InChI=1S/C19H31NO5S2Si/c1-9-11-24-17(22)14-18(27(6)23)26-16-13(15(21)20(14)16)12(10-2)25-28(7,8)19(3,4)5/h9,12-13,16H,1,10-11H2,2-8H3/t12-,13-,16-,27?/m1/s1. The number of thioether (sulfide) groups is 1. The summed E-state index contributed by atoms with van der Waals surface area (Å²) >= 11 is 1.32. The molecule has 2 rings (SSSR count). The van der Waals surface area contributed by atoms with Crippen molar-refractivity contribution >= 4 is 42.8 Å². The molecule has 0 aromatic heterocycles. The summed E-state index contributed by atoms with van der Waals surface area (Å²) in [5.41, 5.74) is 0.112. The first-order valence-corrected chi connectivity index (χ1v) is 14.7. The molecule has 1 unspecified atom stereocenters. The maximum absolute atomic E-state index is 13.0. The highest BCUT2D eigenvalue weighted by atomic mass is 32.2. The van der Waals surface area contributed by atoms with Gasteiger partial charge < -0.3 is 9.16 Å². The average molecular weight is 446 g/mol. The number of carbonyl (C=O) groups is 2. The Balaban J connectivity index is 2.26. The van der Waals surface area contributed by atoms with Gasteiger partial charge in [0.2, 0.25) is 5.91 Å². The lowest BCUT2D eigenvalue weighted by atomic mass is 9.90. The summed E-state index contributed by atoms with van der Waals surface area (Å²) in [6, 6.07) is 0. The summed E-state index contributed by atoms with van der Waals surface area (Å²) in [6.07, 6.45) is 3.45. The van der Waals surface area contributed by atoms with Gasteiger partial charge in [-0.15, -0.1) is 0 Å². The SMILES string of the molecule is C=CCOC(=O)C1=C(S(C)=O)S[C@@H]2[C@H]([C@@H](CC)O[Si](C)(C)C(C)(C)C)C(=O)N12. The second kappa shape index (κ2) is 8.45. The number of β-lactam (4-membered cyclic amide) rings is 1. The first kappa shape index (κ1) is 23.4. The molecule has 28 heavy (non-hydrogen) atoms. The molecule has 0 bridgehead atoms. The van der Waals surface area contributed by atoms with Gasteiger partial charge in [-0.05, 0) is 24.6 Å². The molecule has 0 aliphatic carbocycles. The molecule has 0 aromatic rings. The second-order valence-electron chi connectivity index (χ2n) is 8.54. The van der Waals surface area contributed by atoms with Crippen LogP contribution in [0.15, 0.2) is 22.6 Å². The zero-order chi connectivity index (χ0) is 21.4. The van der Waals surface area contributed by atoms with Crippen LogP contribution in [-0.4, -0.2) is 53.6 Å². The Kier molecular flexibility index (Phi) is 7.06. The zero-order valence-electron chi connectivity index (χ0n) is 17.7. The van der Waals surface area contributed by atoms with Gasteiger partial charge in [-0.1, -0.05) is 52.1 Å². The predicted molar refractivity (Wildman–Crippen MR) is 116 cm³/mol. The minimum absolute atomic E-state index is 0.0314. The quantitative estimate of drug-likeness (QED) is 0.246. The molecule has 0 saturated carbocycles. The fraction of sp³-hybridized carbons (Fsp3) is 0.684. The smallest absolute Gasteiger partial charge is 0.357 e. The van der Waals surface area contributed by atoms with Crippen molar-refractivity contribution in [1.82, 2.24) is 4.90 Å². The van der Waals surface area contributed by atoms with E-state index in [0.29, 0.717) is 10.7 Å². The molecule has 1 saturated heterocycles. The van der Waals surface area contributed by atoms with E-state index in [2.05, 4.69) is 40.4 Å². The summed E-state index contributed by atoms with van der Waals surface area (Å²) in [5.74, 6) is -1.15. The van der Waals surface area contributed by atoms with Crippen molar-refractivity contribution in [2.24, 2.45) is 5.92 Å². The monoisotopic (exact) mass is 445 g/mol. The molecular formula is C19H31NO5S2Si. The Morgan fingerprint density at radius 2 is 2.04 bits per heavy atom. The minimum Gasteiger partial charge on any atom is -0.457 e. The van der Waals surface area contributed by atoms with E-state index in [9.17, 15) is 13.8 Å². The van der Waals surface area contributed by atoms with Crippen LogP contribution in [0, 0.1) is 5.92 Å². The van der Waals surface area contributed by atoms with Crippen LogP contribution in [0.25, 0.3) is 0 Å². The van der Waals surface area contributed by atoms with Crippen molar-refractivity contribution in [3.8, 4) is 0 Å². The van der Waals surface area contributed by atoms with Gasteiger partial charge in [0.25, 0.3) is 0 Å². The molecule has 0 N–H and O–H groups in total. The molecule has 0 aromatic carbocycles. The highest BCUT2D eigenvalue weighted by Crippen LogP contribution is 2.53. The summed E-state index contributed by atoms with van der Waals surface area (Å²) in [7, 11) is -3.45. The van der Waals surface area contributed by atoms with Crippen LogP contribution in [0.1, 0.15) is 34.1 Å². The normalized spacial score (nSPS) is 24.5. The minimum atomic E-state index is -2.06. The second-order valence-corrected chi connectivity index (χ2v) is 16.0. The lowest BCUT2D eigenvalue weighted by molar-refractivity contribution is -0.158. The molecule has 158 valence electrons. The highest BCUT2D eigenvalue weighted by molar-refractivity contribution is 8.17. The van der Waals surface area contributed by atoms with Gasteiger partial charge in [0.1, 0.15) is 16.2 Å². The van der Waals surface area contributed by atoms with E-state index in [1.807, 2.05) is 6.92 Å². The molecule has 1 fully saturated rings. The van der Waals surface area contributed by atoms with Gasteiger partial charge in [-0.2, -0.15) is 0 Å². The number of esters is 1. The van der Waals surface area contributed by atoms with Crippen LogP contribution in [0.5, 0.6) is 0 Å². The van der Waals surface area contributed by atoms with E-state index < -0.39 is 25.1 Å². The summed E-state index contributed by atoms with van der Waals surface area (Å²) in [4.78, 5) is 26.9. The van der Waals surface area contributed by atoms with Crippen molar-refractivity contribution in [3.05, 3.63) is 22.6 Å². The van der Waals surface area contributed by atoms with E-state index in [0.717, 1.165) is 0 Å². The Morgan fingerprint density at radius 1 is 1.43 bits per heavy atom. The largest absolute Gasteiger partial charge is 0.457 e. The Morgan fingerprint density at radius 3 is 2.50 bits per heavy atom. The molecule has 6 nitrogen and oxygen atoms in total. The lowest BCUT2D eigenvalue weighted by Crippen LogP contribution is -2.63. The fourth-order valence-electron chi connectivity index (χ4n) is 3.01. The maximum atomic E-state index is 13.0. The zero-order valence-corrected chi connectivity index (χ0v) is 20.4. The van der Waals surface area contributed by atoms with Crippen LogP contribution < -0.4 is 0 Å². The number of amides is 1. The molecule has 0 radical (unpaired) electrons. The Bertz CT molecular complexity index is 728. The average Bonchev–Trinajstić information content (AvgIpc) is 2.93. The van der Waals surface area contributed by atoms with Crippen molar-refractivity contribution in [3.63, 3.8) is 0 Å². The van der Waals surface area contributed by atoms with Crippen LogP contribution in [0.3, 0.4) is 0 Å². The third-order valence-corrected chi connectivity index (χ3v) is 13.0. The van der Waals surface area contributed by atoms with Crippen LogP contribution in [0.4, 0.5) is 0 Å². The van der Waals surface area contributed by atoms with Crippen LogP contribution >= 0.6 is 11.8 Å². The summed E-state index contributed by atoms with van der Waals surface area (Å²) in [5, 5.41) is -0.239. The van der Waals surface area contributed by atoms with Gasteiger partial charge in [0.15, 0.2) is 14.0 Å². The highest BCUT2D eigenvalue weighted by Gasteiger charge is 2.60. The van der Waals surface area contributed by atoms with Crippen LogP contribution in [-0.2, 0) is 29.6 Å². The van der Waals surface area contributed by atoms with Gasteiger partial charge in [0.05, 0.1) is 22.8 Å². The van der Waals surface area contributed by atoms with Gasteiger partial charge in [0, 0.05) is 6.26 Å². The van der Waals surface area contributed by atoms with Crippen molar-refractivity contribution < 1.29 is 23.0 Å². The Hall–Kier alpha value is -0.903. The number of hydrogen-bond donors (Lipinski definition) is 0. The first-order valence-electron chi connectivity index (χ1n) is 9.40. The van der Waals surface area contributed by atoms with Gasteiger partial charge >= 0.3 is 5.97 Å². The molecule has 9 heteroatoms. The number of hydrogen-bond acceptors (Lipinski definition) is 6. The first-order chi connectivity index (χ1) is 12.9. The van der Waals surface area contributed by atoms with E-state index in [4.69, 9.17) is 9.16 Å². The lowest BCUT2D eigenvalue weighted by Gasteiger charge is -2.48. The van der Waals surface area contributed by atoms with Gasteiger partial charge in [-0.25, -0.2) is 4.79 Å². The Labute approximate surface area is 175 Å². The molecule has 4 atom stereocenters. The topological polar surface area (TPSA) is 72.9 Å². The number of rotatable bonds is 8. The molecule has 2 aliphatic heterocycles. The molecule has 2 aliphatic rings. The number of nitrogens with zero attached hydrogens (tertiary/aromatic N) is 1. The maximum Gasteiger partial charge on any atom is 0.357 e. The van der Waals surface area contributed by atoms with E-state index in [-0.39, 0.29) is 40.6 Å². The van der Waals surface area contributed by atoms with E-state index >= 15 is 0 Å². The van der Waals surface area contributed by atoms with Gasteiger partial charge in [-0.3, -0.25) is 13.9 Å². The number of ether oxygens (including phenoxy) is 1. The van der Waals surface area contributed by atoms with Crippen molar-refractivity contribution in [1.29, 1.82) is 0 Å². The third kappa shape index (κ3) is 4.17. The molecule has 2 heterocycles. The fourth-order valence-corrected chi connectivity index (χ4v) is 6.99. The summed E-state index contributed by atoms with van der Waals surface area (Å²) in [6.45, 7) is 16.4. The van der Waals surface area contributed by atoms with Crippen molar-refractivity contribution in [2.75, 3.05) is 12.9 Å². The molecular weight excluding hydrogens is 414 g/mol. The predicted octanol–water partition coefficient (Wildman–Crippen LogP) is 3.59.